The van der Waals surface area contributed by atoms with E-state index in [4.69, 9.17) is 5.14 Å². The van der Waals surface area contributed by atoms with E-state index in [2.05, 4.69) is 5.32 Å². The number of anilines is 1. The maximum absolute atomic E-state index is 11.3. The van der Waals surface area contributed by atoms with Gasteiger partial charge in [-0.15, -0.1) is 0 Å². The van der Waals surface area contributed by atoms with Crippen LogP contribution >= 0.6 is 0 Å². The summed E-state index contributed by atoms with van der Waals surface area (Å²) in [5.74, 6) is -1.73. The largest absolute Gasteiger partial charge is 0.318 e. The third kappa shape index (κ3) is 1.41. The average molecular weight is 226 g/mol. The number of hydrogen-bond donors (Lipinski definition) is 2. The number of fused-ring (bicyclic) bond motifs is 1. The normalized spacial score (nSPS) is 15.0. The molecular formula is C8H6N2O4S. The van der Waals surface area contributed by atoms with Crippen LogP contribution in [0.1, 0.15) is 10.4 Å². The molecule has 0 bridgehead atoms. The van der Waals surface area contributed by atoms with Crippen LogP contribution in [0.5, 0.6) is 0 Å². The first-order chi connectivity index (χ1) is 6.91. The Morgan fingerprint density at radius 3 is 2.47 bits per heavy atom. The smallest absolute Gasteiger partial charge is 0.296 e. The number of hydrogen-bond acceptors (Lipinski definition) is 4. The van der Waals surface area contributed by atoms with Gasteiger partial charge in [0, 0.05) is 0 Å². The summed E-state index contributed by atoms with van der Waals surface area (Å²) in [6, 6.07) is 4.02. The van der Waals surface area contributed by atoms with E-state index in [1.807, 2.05) is 0 Å². The van der Waals surface area contributed by atoms with E-state index in [0.717, 1.165) is 0 Å². The van der Waals surface area contributed by atoms with Gasteiger partial charge in [0.15, 0.2) is 0 Å². The Balaban J connectivity index is 2.79. The molecule has 0 unspecified atom stereocenters. The van der Waals surface area contributed by atoms with Crippen LogP contribution in [0.4, 0.5) is 5.69 Å². The molecule has 2 rings (SSSR count). The second kappa shape index (κ2) is 2.88. The van der Waals surface area contributed by atoms with E-state index < -0.39 is 21.7 Å². The summed E-state index contributed by atoms with van der Waals surface area (Å²) in [6.45, 7) is 0. The number of benzene rings is 1. The highest BCUT2D eigenvalue weighted by Crippen LogP contribution is 2.28. The lowest BCUT2D eigenvalue weighted by Crippen LogP contribution is -2.17. The van der Waals surface area contributed by atoms with Gasteiger partial charge in [-0.2, -0.15) is 0 Å². The summed E-state index contributed by atoms with van der Waals surface area (Å²) < 4.78 is 22.3. The number of carbonyl (C=O) groups excluding carboxylic acids is 2. The first-order valence-electron chi connectivity index (χ1n) is 3.93. The monoisotopic (exact) mass is 226 g/mol. The van der Waals surface area contributed by atoms with Gasteiger partial charge in [0.2, 0.25) is 10.0 Å². The zero-order valence-electron chi connectivity index (χ0n) is 7.35. The van der Waals surface area contributed by atoms with E-state index >= 15 is 0 Å². The van der Waals surface area contributed by atoms with Crippen molar-refractivity contribution < 1.29 is 18.0 Å². The Hall–Kier alpha value is -1.73. The van der Waals surface area contributed by atoms with Gasteiger partial charge in [-0.3, -0.25) is 9.59 Å². The van der Waals surface area contributed by atoms with Crippen LogP contribution in [0, 0.1) is 0 Å². The van der Waals surface area contributed by atoms with E-state index in [1.54, 1.807) is 0 Å². The van der Waals surface area contributed by atoms with Crippen LogP contribution in [-0.2, 0) is 14.8 Å². The lowest BCUT2D eigenvalue weighted by molar-refractivity contribution is -0.112. The number of sulfonamides is 1. The number of rotatable bonds is 1. The van der Waals surface area contributed by atoms with Gasteiger partial charge >= 0.3 is 0 Å². The molecular weight excluding hydrogens is 220 g/mol. The van der Waals surface area contributed by atoms with Gasteiger partial charge in [-0.05, 0) is 12.1 Å². The zero-order chi connectivity index (χ0) is 11.2. The highest BCUT2D eigenvalue weighted by molar-refractivity contribution is 7.89. The molecule has 0 spiro atoms. The van der Waals surface area contributed by atoms with Crippen LogP contribution in [0.15, 0.2) is 23.1 Å². The van der Waals surface area contributed by atoms with Crippen molar-refractivity contribution in [1.29, 1.82) is 0 Å². The maximum atomic E-state index is 11.3. The second-order valence-electron chi connectivity index (χ2n) is 3.01. The number of carbonyl (C=O) groups is 2. The number of ketones is 1. The third-order valence-corrected chi connectivity index (χ3v) is 2.97. The van der Waals surface area contributed by atoms with Crippen LogP contribution in [0.25, 0.3) is 0 Å². The van der Waals surface area contributed by atoms with Crippen molar-refractivity contribution in [1.82, 2.24) is 0 Å². The number of Topliss-reactive ketones (excluding diaryl/α,β-unsaturated/α-hetero) is 1. The molecule has 0 saturated carbocycles. The molecule has 1 heterocycles. The quantitative estimate of drug-likeness (QED) is 0.627. The molecule has 1 aliphatic heterocycles. The number of nitrogens with two attached hydrogens (primary N) is 1. The lowest BCUT2D eigenvalue weighted by atomic mass is 10.1. The van der Waals surface area contributed by atoms with E-state index in [0.29, 0.717) is 0 Å². The fraction of sp³-hybridized carbons (Fsp3) is 0. The van der Waals surface area contributed by atoms with Crippen molar-refractivity contribution in [2.45, 2.75) is 4.90 Å². The molecule has 1 aliphatic rings. The first-order valence-corrected chi connectivity index (χ1v) is 5.47. The van der Waals surface area contributed by atoms with Crippen molar-refractivity contribution in [2.24, 2.45) is 5.14 Å². The standard InChI is InChI=1S/C8H6N2O4S/c9-15(13,14)5-3-1-2-4-6(5)7(11)8(12)10-4/h1-3H,(H2,9,13,14)(H,10,11,12). The van der Waals surface area contributed by atoms with Crippen molar-refractivity contribution in [3.05, 3.63) is 23.8 Å². The van der Waals surface area contributed by atoms with Gasteiger partial charge in [0.25, 0.3) is 11.7 Å². The SMILES string of the molecule is NS(=O)(=O)c1cccc2c1C(=O)C(=O)N2. The first kappa shape index (κ1) is 9.81. The molecule has 6 nitrogen and oxygen atoms in total. The molecule has 0 aromatic heterocycles. The molecule has 1 aromatic carbocycles. The molecule has 1 amide bonds. The van der Waals surface area contributed by atoms with E-state index in [1.165, 1.54) is 18.2 Å². The molecule has 15 heavy (non-hydrogen) atoms. The predicted molar refractivity (Wildman–Crippen MR) is 50.8 cm³/mol. The van der Waals surface area contributed by atoms with Crippen molar-refractivity contribution >= 4 is 27.4 Å². The minimum Gasteiger partial charge on any atom is -0.318 e. The summed E-state index contributed by atoms with van der Waals surface area (Å²) in [5, 5.41) is 7.17. The van der Waals surface area contributed by atoms with Crippen molar-refractivity contribution in [3.63, 3.8) is 0 Å². The van der Waals surface area contributed by atoms with E-state index in [-0.39, 0.29) is 16.1 Å². The Labute approximate surface area is 85.1 Å². The van der Waals surface area contributed by atoms with Gasteiger partial charge < -0.3 is 5.32 Å². The molecule has 3 N–H and O–H groups in total. The highest BCUT2D eigenvalue weighted by atomic mass is 32.2. The molecule has 0 radical (unpaired) electrons. The number of amides is 1. The molecule has 1 aromatic rings. The second-order valence-corrected chi connectivity index (χ2v) is 4.54. The molecule has 78 valence electrons. The van der Waals surface area contributed by atoms with Crippen LogP contribution in [0.2, 0.25) is 0 Å². The van der Waals surface area contributed by atoms with Crippen molar-refractivity contribution in [3.8, 4) is 0 Å². The summed E-state index contributed by atoms with van der Waals surface area (Å²) in [4.78, 5) is 22.0. The minimum atomic E-state index is -4.00. The summed E-state index contributed by atoms with van der Waals surface area (Å²) in [7, 11) is -4.00. The van der Waals surface area contributed by atoms with Crippen LogP contribution in [0.3, 0.4) is 0 Å². The Morgan fingerprint density at radius 2 is 1.87 bits per heavy atom. The Kier molecular flexibility index (Phi) is 1.88. The zero-order valence-corrected chi connectivity index (χ0v) is 8.17. The number of primary sulfonamides is 1. The molecule has 0 fully saturated rings. The van der Waals surface area contributed by atoms with E-state index in [9.17, 15) is 18.0 Å². The topological polar surface area (TPSA) is 106 Å². The fourth-order valence-corrected chi connectivity index (χ4v) is 2.15. The van der Waals surface area contributed by atoms with Gasteiger partial charge in [0.05, 0.1) is 16.1 Å². The van der Waals surface area contributed by atoms with Gasteiger partial charge in [0.1, 0.15) is 0 Å². The molecule has 0 atom stereocenters. The molecule has 0 aliphatic carbocycles. The van der Waals surface area contributed by atoms with Crippen LogP contribution < -0.4 is 10.5 Å². The summed E-state index contributed by atoms with van der Waals surface area (Å²) in [6.07, 6.45) is 0. The molecule has 7 heteroatoms. The summed E-state index contributed by atoms with van der Waals surface area (Å²) >= 11 is 0. The maximum Gasteiger partial charge on any atom is 0.296 e. The summed E-state index contributed by atoms with van der Waals surface area (Å²) in [5.41, 5.74) is 0.00141. The fourth-order valence-electron chi connectivity index (χ4n) is 1.40. The molecule has 0 saturated heterocycles. The van der Waals surface area contributed by atoms with Crippen molar-refractivity contribution in [2.75, 3.05) is 5.32 Å². The van der Waals surface area contributed by atoms with Gasteiger partial charge in [-0.1, -0.05) is 6.07 Å². The third-order valence-electron chi connectivity index (χ3n) is 2.01. The Morgan fingerprint density at radius 1 is 1.20 bits per heavy atom. The lowest BCUT2D eigenvalue weighted by Gasteiger charge is -2.02. The van der Waals surface area contributed by atoms with Gasteiger partial charge in [-0.25, -0.2) is 13.6 Å². The number of nitrogens with one attached hydrogen (secondary N) is 1. The van der Waals surface area contributed by atoms with Crippen LogP contribution in [-0.4, -0.2) is 20.1 Å². The predicted octanol–water partition coefficient (Wildman–Crippen LogP) is -0.531. The highest BCUT2D eigenvalue weighted by Gasteiger charge is 2.33. The Bertz CT molecular complexity index is 576. The minimum absolute atomic E-state index is 0.176. The average Bonchev–Trinajstić information content (AvgIpc) is 2.41.